The minimum absolute atomic E-state index is 0.427. The van der Waals surface area contributed by atoms with E-state index < -0.39 is 11.3 Å². The number of halogens is 1. The third-order valence-electron chi connectivity index (χ3n) is 4.31. The molecule has 1 saturated heterocycles. The first-order chi connectivity index (χ1) is 11.1. The average molecular weight is 354 g/mol. The van der Waals surface area contributed by atoms with Gasteiger partial charge in [0.15, 0.2) is 11.0 Å². The molecule has 0 amide bonds. The summed E-state index contributed by atoms with van der Waals surface area (Å²) in [4.78, 5) is 2.24. The van der Waals surface area contributed by atoms with Crippen LogP contribution in [0.15, 0.2) is 24.3 Å². The molecular formula is C15H18ClN4O2S-. The number of fused-ring (bicyclic) bond motifs is 1. The highest BCUT2D eigenvalue weighted by Gasteiger charge is 2.22. The number of anilines is 1. The van der Waals surface area contributed by atoms with Crippen LogP contribution < -0.4 is 9.62 Å². The lowest BCUT2D eigenvalue weighted by Crippen LogP contribution is -2.35. The summed E-state index contributed by atoms with van der Waals surface area (Å²) in [5.74, 6) is 1.41. The predicted molar refractivity (Wildman–Crippen MR) is 91.0 cm³/mol. The van der Waals surface area contributed by atoms with E-state index in [9.17, 15) is 8.76 Å². The van der Waals surface area contributed by atoms with E-state index in [4.69, 9.17) is 11.6 Å². The van der Waals surface area contributed by atoms with Crippen molar-refractivity contribution in [3.63, 3.8) is 0 Å². The number of rotatable bonds is 5. The zero-order chi connectivity index (χ0) is 16.2. The fraction of sp³-hybridized carbons (Fsp3) is 0.467. The standard InChI is InChI=1S/C15H19ClN4O2S/c16-14-12-3-1-2-4-13(12)15(19-18-14)20-9-6-11(7-10-20)5-8-17-23(21)22/h1-4,11,17H,5-10H2,(H,21,22)/p-1. The highest BCUT2D eigenvalue weighted by molar-refractivity contribution is 7.77. The van der Waals surface area contributed by atoms with Crippen LogP contribution in [-0.2, 0) is 11.3 Å². The number of benzene rings is 1. The summed E-state index contributed by atoms with van der Waals surface area (Å²) in [5.41, 5.74) is 0. The Morgan fingerprint density at radius 3 is 2.65 bits per heavy atom. The molecule has 8 heteroatoms. The Morgan fingerprint density at radius 1 is 1.26 bits per heavy atom. The topological polar surface area (TPSA) is 81.2 Å². The zero-order valence-electron chi connectivity index (χ0n) is 12.6. The molecule has 0 radical (unpaired) electrons. The molecule has 1 atom stereocenters. The lowest BCUT2D eigenvalue weighted by Gasteiger charge is -2.33. The van der Waals surface area contributed by atoms with Gasteiger partial charge in [0.25, 0.3) is 0 Å². The van der Waals surface area contributed by atoms with Crippen molar-refractivity contribution in [3.05, 3.63) is 29.4 Å². The van der Waals surface area contributed by atoms with Gasteiger partial charge < -0.3 is 9.45 Å². The van der Waals surface area contributed by atoms with Crippen molar-refractivity contribution >= 4 is 39.5 Å². The maximum Gasteiger partial charge on any atom is 0.159 e. The quantitative estimate of drug-likeness (QED) is 0.834. The molecule has 1 aliphatic heterocycles. The van der Waals surface area contributed by atoms with Crippen LogP contribution in [-0.4, -0.2) is 38.6 Å². The molecular weight excluding hydrogens is 336 g/mol. The van der Waals surface area contributed by atoms with E-state index in [1.54, 1.807) is 0 Å². The van der Waals surface area contributed by atoms with E-state index in [1.807, 2.05) is 24.3 Å². The fourth-order valence-electron chi connectivity index (χ4n) is 3.07. The number of piperidine rings is 1. The van der Waals surface area contributed by atoms with E-state index in [0.29, 0.717) is 17.6 Å². The second kappa shape index (κ2) is 7.53. The molecule has 124 valence electrons. The van der Waals surface area contributed by atoms with Crippen LogP contribution in [0.4, 0.5) is 5.82 Å². The summed E-state index contributed by atoms with van der Waals surface area (Å²) in [6.45, 7) is 2.29. The molecule has 0 saturated carbocycles. The molecule has 1 fully saturated rings. The highest BCUT2D eigenvalue weighted by Crippen LogP contribution is 2.31. The molecule has 1 N–H and O–H groups in total. The van der Waals surface area contributed by atoms with E-state index in [1.165, 1.54) is 0 Å². The van der Waals surface area contributed by atoms with Crippen molar-refractivity contribution in [1.82, 2.24) is 14.9 Å². The molecule has 0 bridgehead atoms. The molecule has 1 aliphatic rings. The number of hydrogen-bond donors (Lipinski definition) is 1. The van der Waals surface area contributed by atoms with E-state index in [2.05, 4.69) is 19.8 Å². The SMILES string of the molecule is O=S([O-])NCCC1CCN(c2nnc(Cl)c3ccccc23)CC1. The molecule has 3 rings (SSSR count). The van der Waals surface area contributed by atoms with Gasteiger partial charge in [0, 0.05) is 41.7 Å². The van der Waals surface area contributed by atoms with E-state index >= 15 is 0 Å². The normalized spacial score (nSPS) is 17.6. The Balaban J connectivity index is 1.66. The van der Waals surface area contributed by atoms with Crippen LogP contribution in [0, 0.1) is 5.92 Å². The van der Waals surface area contributed by atoms with Gasteiger partial charge >= 0.3 is 0 Å². The molecule has 1 aromatic carbocycles. The van der Waals surface area contributed by atoms with E-state index in [-0.39, 0.29) is 0 Å². The first-order valence-electron chi connectivity index (χ1n) is 7.64. The number of nitrogens with one attached hydrogen (secondary N) is 1. The average Bonchev–Trinajstić information content (AvgIpc) is 2.56. The number of aromatic nitrogens is 2. The van der Waals surface area contributed by atoms with E-state index in [0.717, 1.165) is 48.9 Å². The molecule has 2 aromatic rings. The number of nitrogens with zero attached hydrogens (tertiary/aromatic N) is 3. The maximum absolute atomic E-state index is 10.5. The van der Waals surface area contributed by atoms with Crippen LogP contribution >= 0.6 is 11.6 Å². The third kappa shape index (κ3) is 3.98. The van der Waals surface area contributed by atoms with Crippen molar-refractivity contribution in [2.45, 2.75) is 19.3 Å². The maximum atomic E-state index is 10.5. The van der Waals surface area contributed by atoms with Crippen LogP contribution in [0.2, 0.25) is 5.15 Å². The Kier molecular flexibility index (Phi) is 5.42. The Bertz CT molecular complexity index is 707. The van der Waals surface area contributed by atoms with Gasteiger partial charge in [0.2, 0.25) is 0 Å². The summed E-state index contributed by atoms with van der Waals surface area (Å²) in [6.07, 6.45) is 2.91. The predicted octanol–water partition coefficient (Wildman–Crippen LogP) is 2.27. The largest absolute Gasteiger partial charge is 0.760 e. The monoisotopic (exact) mass is 353 g/mol. The minimum Gasteiger partial charge on any atom is -0.760 e. The van der Waals surface area contributed by atoms with Crippen molar-refractivity contribution in [2.24, 2.45) is 5.92 Å². The van der Waals surface area contributed by atoms with Gasteiger partial charge in [-0.3, -0.25) is 4.21 Å². The lowest BCUT2D eigenvalue weighted by atomic mass is 9.93. The summed E-state index contributed by atoms with van der Waals surface area (Å²) >= 11 is 3.96. The zero-order valence-corrected chi connectivity index (χ0v) is 14.1. The van der Waals surface area contributed by atoms with Crippen LogP contribution in [0.5, 0.6) is 0 Å². The van der Waals surface area contributed by atoms with Gasteiger partial charge in [0.1, 0.15) is 0 Å². The molecule has 1 unspecified atom stereocenters. The van der Waals surface area contributed by atoms with Gasteiger partial charge in [-0.05, 0) is 25.2 Å². The Morgan fingerprint density at radius 2 is 1.96 bits per heavy atom. The Hall–Kier alpha value is -1.28. The molecule has 1 aromatic heterocycles. The smallest absolute Gasteiger partial charge is 0.159 e. The minimum atomic E-state index is -2.17. The van der Waals surface area contributed by atoms with Gasteiger partial charge in [-0.2, -0.15) is 0 Å². The molecule has 23 heavy (non-hydrogen) atoms. The van der Waals surface area contributed by atoms with Gasteiger partial charge in [-0.25, -0.2) is 4.72 Å². The number of hydrogen-bond acceptors (Lipinski definition) is 5. The summed E-state index contributed by atoms with van der Waals surface area (Å²) in [5, 5.41) is 10.7. The van der Waals surface area contributed by atoms with Crippen molar-refractivity contribution in [1.29, 1.82) is 0 Å². The van der Waals surface area contributed by atoms with Crippen molar-refractivity contribution in [2.75, 3.05) is 24.5 Å². The summed E-state index contributed by atoms with van der Waals surface area (Å²) < 4.78 is 23.4. The van der Waals surface area contributed by atoms with Gasteiger partial charge in [-0.1, -0.05) is 35.9 Å². The molecule has 0 aliphatic carbocycles. The van der Waals surface area contributed by atoms with Crippen molar-refractivity contribution in [3.8, 4) is 0 Å². The van der Waals surface area contributed by atoms with Crippen LogP contribution in [0.3, 0.4) is 0 Å². The van der Waals surface area contributed by atoms with Crippen molar-refractivity contribution < 1.29 is 8.76 Å². The first-order valence-corrected chi connectivity index (χ1v) is 9.09. The summed E-state index contributed by atoms with van der Waals surface area (Å²) in [6, 6.07) is 7.90. The van der Waals surface area contributed by atoms with Gasteiger partial charge in [0.05, 0.1) is 0 Å². The fourth-order valence-corrected chi connectivity index (χ4v) is 3.56. The van der Waals surface area contributed by atoms with Crippen LogP contribution in [0.25, 0.3) is 10.8 Å². The lowest BCUT2D eigenvalue weighted by molar-refractivity contribution is 0.379. The molecule has 2 heterocycles. The van der Waals surface area contributed by atoms with Gasteiger partial charge in [-0.15, -0.1) is 10.2 Å². The first kappa shape index (κ1) is 16.6. The van der Waals surface area contributed by atoms with Crippen LogP contribution in [0.1, 0.15) is 19.3 Å². The third-order valence-corrected chi connectivity index (χ3v) is 5.03. The second-order valence-electron chi connectivity index (χ2n) is 5.71. The molecule has 6 nitrogen and oxygen atoms in total. The molecule has 0 spiro atoms. The Labute approximate surface area is 142 Å². The highest BCUT2D eigenvalue weighted by atomic mass is 35.5. The second-order valence-corrected chi connectivity index (χ2v) is 6.82. The summed E-state index contributed by atoms with van der Waals surface area (Å²) in [7, 11) is 0.